The van der Waals surface area contributed by atoms with Crippen LogP contribution in [0.5, 0.6) is 0 Å². The molecule has 0 spiro atoms. The molecule has 498 valence electrons. The molecule has 9 aliphatic rings. The van der Waals surface area contributed by atoms with Crippen LogP contribution in [0.4, 0.5) is 0 Å². The zero-order valence-corrected chi connectivity index (χ0v) is 56.3. The Morgan fingerprint density at radius 1 is 0.728 bits per heavy atom. The normalized spacial score (nSPS) is 43.5. The minimum atomic E-state index is -1.35. The van der Waals surface area contributed by atoms with Crippen molar-refractivity contribution in [2.75, 3.05) is 20.3 Å². The van der Waals surface area contributed by atoms with E-state index >= 15 is 4.79 Å². The number of aldehydes is 1. The lowest BCUT2D eigenvalue weighted by atomic mass is 9.33. The molecule has 4 heterocycles. The summed E-state index contributed by atoms with van der Waals surface area (Å²) in [5.41, 5.74) is 12.5. The fourth-order valence-electron chi connectivity index (χ4n) is 19.3. The first-order chi connectivity index (χ1) is 43.9. The molecule has 0 aromatic heterocycles. The van der Waals surface area contributed by atoms with Crippen molar-refractivity contribution in [1.29, 1.82) is 0 Å². The Morgan fingerprint density at radius 2 is 1.37 bits per heavy atom. The van der Waals surface area contributed by atoms with Gasteiger partial charge >= 0.3 is 5.97 Å². The smallest absolute Gasteiger partial charge is 0.317 e. The lowest BCUT2D eigenvalue weighted by molar-refractivity contribution is -0.350. The topological polar surface area (TPSA) is 194 Å². The predicted molar refractivity (Wildman–Crippen MR) is 345 cm³/mol. The van der Waals surface area contributed by atoms with E-state index in [0.29, 0.717) is 37.9 Å². The SMILES string of the molecule is [B]C1C(OCc2ccccc2)C(OCc2ccccc2)CO[C@H]1OC1C2OC(C)(C)OC2[C@H](OC2C(C)C(N=[N+]=[N-])[C@H](COCc3ccccc3)O[C@H]2OC(=O)C23CCC(C)(C)CC2C2=CCC4C5(C)CC[C@H](C)[C@](C)(C=O)[C@@H]5CC[C@@]4(C)[C@]2(C)C[C@@H]3OC)O[C@@H]1C. The van der Waals surface area contributed by atoms with Crippen molar-refractivity contribution in [3.8, 4) is 0 Å². The van der Waals surface area contributed by atoms with E-state index < -0.39 is 109 Å². The van der Waals surface area contributed by atoms with Gasteiger partial charge in [0.05, 0.1) is 71.3 Å². The highest BCUT2D eigenvalue weighted by Crippen LogP contribution is 2.76. The summed E-state index contributed by atoms with van der Waals surface area (Å²) in [6.07, 6.45) is 1.28. The molecule has 18 heteroatoms. The summed E-state index contributed by atoms with van der Waals surface area (Å²) in [5, 5.41) is 4.37. The van der Waals surface area contributed by atoms with E-state index in [-0.39, 0.29) is 58.7 Å². The molecular weight excluding hydrogens is 1170 g/mol. The number of methoxy groups -OCH3 is 1. The number of esters is 1. The lowest BCUT2D eigenvalue weighted by Gasteiger charge is -2.71. The molecule has 24 atom stereocenters. The summed E-state index contributed by atoms with van der Waals surface area (Å²) in [7, 11) is 8.91. The third-order valence-corrected chi connectivity index (χ3v) is 24.8. The summed E-state index contributed by atoms with van der Waals surface area (Å²) < 4.78 is 81.6. The molecule has 0 N–H and O–H groups in total. The second-order valence-corrected chi connectivity index (χ2v) is 31.0. The summed E-state index contributed by atoms with van der Waals surface area (Å²) >= 11 is 0. The summed E-state index contributed by atoms with van der Waals surface area (Å²) in [6.45, 7) is 25.2. The monoisotopic (exact) mass is 1270 g/mol. The minimum absolute atomic E-state index is 0.0251. The number of allylic oxidation sites excluding steroid dienone is 2. The summed E-state index contributed by atoms with van der Waals surface area (Å²) in [5.74, 6) is -2.25. The first-order valence-corrected chi connectivity index (χ1v) is 34.1. The number of benzene rings is 3. The van der Waals surface area contributed by atoms with Crippen molar-refractivity contribution in [3.05, 3.63) is 130 Å². The molecule has 8 fully saturated rings. The molecule has 4 saturated heterocycles. The Bertz CT molecular complexity index is 3140. The number of carbonyl (C=O) groups excluding carboxylic acids is 2. The zero-order chi connectivity index (χ0) is 65.2. The maximum absolute atomic E-state index is 16.5. The molecule has 0 amide bonds. The molecular formula is C74H100BN3O14. The molecule has 13 unspecified atom stereocenters. The van der Waals surface area contributed by atoms with Crippen molar-refractivity contribution < 1.29 is 66.4 Å². The molecule has 5 aliphatic carbocycles. The molecule has 3 aromatic carbocycles. The van der Waals surface area contributed by atoms with Crippen LogP contribution in [0.25, 0.3) is 10.4 Å². The second kappa shape index (κ2) is 26.5. The Morgan fingerprint density at radius 3 is 2.02 bits per heavy atom. The third kappa shape index (κ3) is 12.2. The molecule has 3 aromatic rings. The van der Waals surface area contributed by atoms with Gasteiger partial charge in [0, 0.05) is 23.3 Å². The van der Waals surface area contributed by atoms with Gasteiger partial charge in [0.15, 0.2) is 18.4 Å². The van der Waals surface area contributed by atoms with Crippen LogP contribution in [-0.2, 0) is 86.3 Å². The van der Waals surface area contributed by atoms with Gasteiger partial charge in [-0.15, -0.1) is 0 Å². The van der Waals surface area contributed by atoms with E-state index in [9.17, 15) is 10.3 Å². The highest BCUT2D eigenvalue weighted by Gasteiger charge is 2.72. The average Bonchev–Trinajstić information content (AvgIpc) is 0.759. The van der Waals surface area contributed by atoms with Crippen LogP contribution in [-0.4, -0.2) is 126 Å². The Kier molecular flexibility index (Phi) is 19.4. The molecule has 92 heavy (non-hydrogen) atoms. The van der Waals surface area contributed by atoms with Crippen molar-refractivity contribution in [3.63, 3.8) is 0 Å². The van der Waals surface area contributed by atoms with Crippen molar-refractivity contribution >= 4 is 20.1 Å². The van der Waals surface area contributed by atoms with Gasteiger partial charge in [-0.25, -0.2) is 0 Å². The third-order valence-electron chi connectivity index (χ3n) is 24.8. The van der Waals surface area contributed by atoms with Gasteiger partial charge in [0.2, 0.25) is 6.29 Å². The minimum Gasteiger partial charge on any atom is -0.432 e. The van der Waals surface area contributed by atoms with Gasteiger partial charge in [-0.05, 0) is 152 Å². The molecule has 2 radical (unpaired) electrons. The van der Waals surface area contributed by atoms with Crippen molar-refractivity contribution in [2.45, 2.75) is 245 Å². The van der Waals surface area contributed by atoms with Crippen LogP contribution in [0.3, 0.4) is 0 Å². The number of ether oxygens (including phenoxy) is 12. The highest BCUT2D eigenvalue weighted by molar-refractivity contribution is 6.12. The first-order valence-electron chi connectivity index (χ1n) is 34.1. The van der Waals surface area contributed by atoms with Crippen LogP contribution in [0, 0.1) is 62.1 Å². The van der Waals surface area contributed by atoms with Crippen LogP contribution >= 0.6 is 0 Å². The Hall–Kier alpha value is -4.53. The quantitative estimate of drug-likeness (QED) is 0.0209. The second-order valence-electron chi connectivity index (χ2n) is 31.0. The number of nitrogens with zero attached hydrogens (tertiary/aromatic N) is 3. The Labute approximate surface area is 546 Å². The van der Waals surface area contributed by atoms with E-state index in [1.54, 1.807) is 7.11 Å². The fraction of sp³-hybridized carbons (Fsp3) is 0.703. The number of hydrogen-bond donors (Lipinski definition) is 0. The van der Waals surface area contributed by atoms with Gasteiger partial charge in [0.1, 0.15) is 42.2 Å². The zero-order valence-electron chi connectivity index (χ0n) is 56.3. The van der Waals surface area contributed by atoms with Crippen LogP contribution in [0.1, 0.15) is 151 Å². The maximum Gasteiger partial charge on any atom is 0.317 e. The summed E-state index contributed by atoms with van der Waals surface area (Å²) in [4.78, 5) is 33.0. The van der Waals surface area contributed by atoms with Crippen molar-refractivity contribution in [2.24, 2.45) is 67.2 Å². The van der Waals surface area contributed by atoms with Gasteiger partial charge in [-0.2, -0.15) is 0 Å². The van der Waals surface area contributed by atoms with E-state index in [2.05, 4.69) is 64.6 Å². The van der Waals surface area contributed by atoms with Crippen LogP contribution in [0.15, 0.2) is 108 Å². The number of rotatable bonds is 19. The molecule has 4 saturated carbocycles. The first kappa shape index (κ1) is 67.5. The van der Waals surface area contributed by atoms with Gasteiger partial charge in [0.25, 0.3) is 0 Å². The van der Waals surface area contributed by atoms with E-state index in [1.807, 2.05) is 119 Å². The van der Waals surface area contributed by atoms with Crippen molar-refractivity contribution in [1.82, 2.24) is 0 Å². The molecule has 0 bridgehead atoms. The number of carbonyl (C=O) groups is 2. The van der Waals surface area contributed by atoms with E-state index in [4.69, 9.17) is 64.7 Å². The van der Waals surface area contributed by atoms with Crippen LogP contribution in [0.2, 0.25) is 5.82 Å². The van der Waals surface area contributed by atoms with Gasteiger partial charge in [-0.3, -0.25) is 4.79 Å². The lowest BCUT2D eigenvalue weighted by Crippen LogP contribution is -2.68. The van der Waals surface area contributed by atoms with Crippen LogP contribution < -0.4 is 0 Å². The Balaban J connectivity index is 0.840. The average molecular weight is 1270 g/mol. The number of azide groups is 1. The maximum atomic E-state index is 16.5. The van der Waals surface area contributed by atoms with Gasteiger partial charge in [-0.1, -0.05) is 163 Å². The number of fused-ring (bicyclic) bond motifs is 8. The highest BCUT2D eigenvalue weighted by atomic mass is 16.8. The molecule has 17 nitrogen and oxygen atoms in total. The number of hydrogen-bond acceptors (Lipinski definition) is 15. The standard InChI is InChI=1S/C74H100BN3O14/c1-44-30-32-70(8)54(71(44,9)43-79)31-33-72(10)55(70)29-28-50-51-36-68(4,5)34-35-74(51,56(81-12)37-73(50,72)11)67(80)90-65-59(45(2)58(77-78-76)52(87-65)41-82-38-47-22-16-13-17-23-47)88-66-63-62(91-69(6,7)92-63)60(46(3)86-66)89-64-57(75)61(84-40-49-26-20-15-21-27-49)53(42-85-64)83-39-48-24-18-14-19-25-48/h13-28,43-46,51-66H,29-42H2,1-12H3/t44-,45?,46+,51?,52-,53?,54+,55?,56-,57?,58?,59?,60?,61?,62?,63?,64-,65-,66-,70?,71-,72+,73+,74?/m0/s1. The van der Waals surface area contributed by atoms with E-state index in [0.717, 1.165) is 61.6 Å². The molecule has 4 aliphatic heterocycles. The summed E-state index contributed by atoms with van der Waals surface area (Å²) in [6, 6.07) is 28.9. The fourth-order valence-corrected chi connectivity index (χ4v) is 19.3. The van der Waals surface area contributed by atoms with E-state index in [1.165, 1.54) is 11.9 Å². The largest absolute Gasteiger partial charge is 0.432 e. The molecule has 12 rings (SSSR count). The van der Waals surface area contributed by atoms with Gasteiger partial charge < -0.3 is 61.6 Å². The predicted octanol–water partition coefficient (Wildman–Crippen LogP) is 13.5.